The minimum absolute atomic E-state index is 0.133. The van der Waals surface area contributed by atoms with Crippen LogP contribution < -0.4 is 0 Å². The molecule has 0 atom stereocenters. The third-order valence-corrected chi connectivity index (χ3v) is 2.97. The number of rotatable bonds is 4. The number of hydrogen-bond acceptors (Lipinski definition) is 4. The third kappa shape index (κ3) is 3.62. The smallest absolute Gasteiger partial charge is 0.360 e. The van der Waals surface area contributed by atoms with Gasteiger partial charge in [-0.2, -0.15) is 0 Å². The van der Waals surface area contributed by atoms with E-state index in [2.05, 4.69) is 5.16 Å². The van der Waals surface area contributed by atoms with Crippen molar-refractivity contribution in [2.24, 2.45) is 0 Å². The maximum Gasteiger partial charge on any atom is 0.360 e. The first kappa shape index (κ1) is 14.6. The van der Waals surface area contributed by atoms with Crippen LogP contribution in [0, 0.1) is 0 Å². The molecule has 20 heavy (non-hydrogen) atoms. The Hall–Kier alpha value is -1.78. The number of benzene rings is 1. The lowest BCUT2D eigenvalue weighted by molar-refractivity contribution is 0.0514. The lowest BCUT2D eigenvalue weighted by atomic mass is 10.2. The summed E-state index contributed by atoms with van der Waals surface area (Å²) < 4.78 is 9.83. The van der Waals surface area contributed by atoms with Crippen molar-refractivity contribution in [2.45, 2.75) is 6.92 Å². The predicted molar refractivity (Wildman–Crippen MR) is 77.8 cm³/mol. The van der Waals surface area contributed by atoms with Gasteiger partial charge in [0.15, 0.2) is 11.5 Å². The Morgan fingerprint density at radius 2 is 2.15 bits per heavy atom. The number of carbonyl (C=O) groups is 1. The van der Waals surface area contributed by atoms with Gasteiger partial charge >= 0.3 is 5.97 Å². The highest BCUT2D eigenvalue weighted by Crippen LogP contribution is 2.23. The van der Waals surface area contributed by atoms with Crippen molar-refractivity contribution in [3.8, 4) is 0 Å². The number of carbonyl (C=O) groups excluding carboxylic acids is 1. The summed E-state index contributed by atoms with van der Waals surface area (Å²) in [4.78, 5) is 11.4. The molecule has 0 unspecified atom stereocenters. The fraction of sp³-hybridized carbons (Fsp3) is 0.143. The molecule has 0 aliphatic heterocycles. The lowest BCUT2D eigenvalue weighted by Crippen LogP contribution is -2.04. The Kier molecular flexibility index (Phi) is 4.82. The standard InChI is InChI=1S/C14H11Cl2NO3/c1-2-19-14(18)13-8-11(20-17-13)6-4-9-3-5-10(15)7-12(9)16/h3-8H,2H2,1H3. The fourth-order valence-corrected chi connectivity index (χ4v) is 1.95. The quantitative estimate of drug-likeness (QED) is 0.789. The molecule has 0 spiro atoms. The van der Waals surface area contributed by atoms with Crippen LogP contribution in [-0.4, -0.2) is 17.7 Å². The van der Waals surface area contributed by atoms with Crippen molar-refractivity contribution in [2.75, 3.05) is 6.61 Å². The zero-order valence-electron chi connectivity index (χ0n) is 10.6. The molecule has 0 radical (unpaired) electrons. The maximum atomic E-state index is 11.4. The predicted octanol–water partition coefficient (Wildman–Crippen LogP) is 4.33. The van der Waals surface area contributed by atoms with E-state index in [-0.39, 0.29) is 12.3 Å². The van der Waals surface area contributed by atoms with E-state index >= 15 is 0 Å². The number of nitrogens with zero attached hydrogens (tertiary/aromatic N) is 1. The van der Waals surface area contributed by atoms with Gasteiger partial charge in [-0.1, -0.05) is 34.4 Å². The molecule has 0 saturated heterocycles. The topological polar surface area (TPSA) is 52.3 Å². The molecule has 2 rings (SSSR count). The number of aromatic nitrogens is 1. The fourth-order valence-electron chi connectivity index (χ4n) is 1.48. The molecule has 6 heteroatoms. The molecule has 0 N–H and O–H groups in total. The molecule has 1 heterocycles. The minimum Gasteiger partial charge on any atom is -0.461 e. The Balaban J connectivity index is 2.13. The molecule has 0 bridgehead atoms. The summed E-state index contributed by atoms with van der Waals surface area (Å²) in [6.45, 7) is 2.01. The van der Waals surface area contributed by atoms with Crippen LogP contribution in [0.1, 0.15) is 28.7 Å². The Labute approximate surface area is 125 Å². The van der Waals surface area contributed by atoms with Crippen molar-refractivity contribution in [1.29, 1.82) is 0 Å². The van der Waals surface area contributed by atoms with E-state index < -0.39 is 5.97 Å². The molecular formula is C14H11Cl2NO3. The third-order valence-electron chi connectivity index (χ3n) is 2.40. The molecule has 104 valence electrons. The number of esters is 1. The zero-order valence-corrected chi connectivity index (χ0v) is 12.1. The van der Waals surface area contributed by atoms with E-state index in [0.717, 1.165) is 5.56 Å². The number of halogens is 2. The summed E-state index contributed by atoms with van der Waals surface area (Å²) in [6, 6.07) is 6.66. The first-order valence-corrected chi connectivity index (χ1v) is 6.62. The first-order valence-electron chi connectivity index (χ1n) is 5.87. The van der Waals surface area contributed by atoms with E-state index in [1.807, 2.05) is 0 Å². The van der Waals surface area contributed by atoms with Crippen LogP contribution in [-0.2, 0) is 4.74 Å². The van der Waals surface area contributed by atoms with E-state index in [1.54, 1.807) is 37.3 Å². The summed E-state index contributed by atoms with van der Waals surface area (Å²) >= 11 is 11.9. The Morgan fingerprint density at radius 1 is 1.35 bits per heavy atom. The molecule has 0 amide bonds. The molecule has 2 aromatic rings. The monoisotopic (exact) mass is 311 g/mol. The summed E-state index contributed by atoms with van der Waals surface area (Å²) in [5, 5.41) is 4.72. The van der Waals surface area contributed by atoms with Gasteiger partial charge in [-0.3, -0.25) is 0 Å². The van der Waals surface area contributed by atoms with Gasteiger partial charge in [-0.25, -0.2) is 4.79 Å². The van der Waals surface area contributed by atoms with Gasteiger partial charge in [0.05, 0.1) is 6.61 Å². The first-order chi connectivity index (χ1) is 9.60. The Bertz CT molecular complexity index is 650. The molecule has 4 nitrogen and oxygen atoms in total. The second kappa shape index (κ2) is 6.59. The molecule has 1 aromatic heterocycles. The van der Waals surface area contributed by atoms with Gasteiger partial charge in [0.1, 0.15) is 0 Å². The summed E-state index contributed by atoms with van der Waals surface area (Å²) in [5.41, 5.74) is 0.916. The Morgan fingerprint density at radius 3 is 2.85 bits per heavy atom. The maximum absolute atomic E-state index is 11.4. The van der Waals surface area contributed by atoms with Crippen LogP contribution in [0.2, 0.25) is 10.0 Å². The van der Waals surface area contributed by atoms with Crippen LogP contribution in [0.4, 0.5) is 0 Å². The highest BCUT2D eigenvalue weighted by Gasteiger charge is 2.11. The van der Waals surface area contributed by atoms with Gasteiger partial charge in [0, 0.05) is 16.1 Å². The van der Waals surface area contributed by atoms with Crippen molar-refractivity contribution in [1.82, 2.24) is 5.16 Å². The second-order valence-electron chi connectivity index (χ2n) is 3.83. The van der Waals surface area contributed by atoms with Gasteiger partial charge in [-0.05, 0) is 36.8 Å². The van der Waals surface area contributed by atoms with Gasteiger partial charge in [-0.15, -0.1) is 0 Å². The van der Waals surface area contributed by atoms with Crippen LogP contribution in [0.5, 0.6) is 0 Å². The van der Waals surface area contributed by atoms with E-state index in [1.165, 1.54) is 6.07 Å². The van der Waals surface area contributed by atoms with Gasteiger partial charge in [0.2, 0.25) is 0 Å². The zero-order chi connectivity index (χ0) is 14.5. The molecule has 0 fully saturated rings. The minimum atomic E-state index is -0.513. The molecule has 0 aliphatic carbocycles. The van der Waals surface area contributed by atoms with Crippen LogP contribution >= 0.6 is 23.2 Å². The summed E-state index contributed by atoms with van der Waals surface area (Å²) in [5.74, 6) is -0.0838. The molecule has 0 aliphatic rings. The van der Waals surface area contributed by atoms with E-state index in [9.17, 15) is 4.79 Å². The van der Waals surface area contributed by atoms with Crippen molar-refractivity contribution >= 4 is 41.3 Å². The average molecular weight is 312 g/mol. The van der Waals surface area contributed by atoms with Crippen LogP contribution in [0.25, 0.3) is 12.2 Å². The number of ether oxygens (including phenoxy) is 1. The SMILES string of the molecule is CCOC(=O)c1cc(C=Cc2ccc(Cl)cc2Cl)on1. The second-order valence-corrected chi connectivity index (χ2v) is 4.68. The van der Waals surface area contributed by atoms with Crippen LogP contribution in [0.15, 0.2) is 28.8 Å². The van der Waals surface area contributed by atoms with Crippen LogP contribution in [0.3, 0.4) is 0 Å². The largest absolute Gasteiger partial charge is 0.461 e. The summed E-state index contributed by atoms with van der Waals surface area (Å²) in [7, 11) is 0. The number of hydrogen-bond donors (Lipinski definition) is 0. The van der Waals surface area contributed by atoms with Crippen molar-refractivity contribution in [3.05, 3.63) is 51.3 Å². The molecule has 0 saturated carbocycles. The molecular weight excluding hydrogens is 301 g/mol. The van der Waals surface area contributed by atoms with E-state index in [4.69, 9.17) is 32.5 Å². The van der Waals surface area contributed by atoms with Crippen molar-refractivity contribution < 1.29 is 14.1 Å². The normalized spacial score (nSPS) is 10.9. The highest BCUT2D eigenvalue weighted by atomic mass is 35.5. The lowest BCUT2D eigenvalue weighted by Gasteiger charge is -1.97. The molecule has 1 aromatic carbocycles. The highest BCUT2D eigenvalue weighted by molar-refractivity contribution is 6.35. The van der Waals surface area contributed by atoms with Gasteiger partial charge < -0.3 is 9.26 Å². The summed E-state index contributed by atoms with van der Waals surface area (Å²) in [6.07, 6.45) is 3.40. The van der Waals surface area contributed by atoms with E-state index in [0.29, 0.717) is 15.8 Å². The average Bonchev–Trinajstić information content (AvgIpc) is 2.87. The van der Waals surface area contributed by atoms with Gasteiger partial charge in [0.25, 0.3) is 0 Å². The van der Waals surface area contributed by atoms with Crippen molar-refractivity contribution in [3.63, 3.8) is 0 Å².